The molecule has 2 N–H and O–H groups in total. The number of carbonyl (C=O) groups is 1. The maximum atomic E-state index is 11.3. The van der Waals surface area contributed by atoms with Crippen molar-refractivity contribution in [2.75, 3.05) is 12.4 Å². The lowest BCUT2D eigenvalue weighted by Gasteiger charge is -2.06. The summed E-state index contributed by atoms with van der Waals surface area (Å²) in [5.74, 6) is 0.500. The first-order valence-electron chi connectivity index (χ1n) is 5.20. The summed E-state index contributed by atoms with van der Waals surface area (Å²) in [4.78, 5) is 18.4. The van der Waals surface area contributed by atoms with Crippen LogP contribution in [0.2, 0.25) is 0 Å². The largest absolute Gasteiger partial charge is 0.465 e. The predicted molar refractivity (Wildman–Crippen MR) is 63.7 cm³/mol. The number of aromatic nitrogens is 2. The van der Waals surface area contributed by atoms with Crippen molar-refractivity contribution in [3.63, 3.8) is 0 Å². The van der Waals surface area contributed by atoms with Crippen LogP contribution in [-0.4, -0.2) is 23.0 Å². The van der Waals surface area contributed by atoms with E-state index in [1.54, 1.807) is 30.6 Å². The fourth-order valence-corrected chi connectivity index (χ4v) is 1.45. The summed E-state index contributed by atoms with van der Waals surface area (Å²) in [5.41, 5.74) is 1.38. The number of anilines is 1. The van der Waals surface area contributed by atoms with E-state index in [0.29, 0.717) is 12.1 Å². The summed E-state index contributed by atoms with van der Waals surface area (Å²) < 4.78 is 4.66. The van der Waals surface area contributed by atoms with Gasteiger partial charge in [0.1, 0.15) is 5.82 Å². The first-order valence-corrected chi connectivity index (χ1v) is 5.20. The van der Waals surface area contributed by atoms with Crippen molar-refractivity contribution in [1.29, 1.82) is 0 Å². The van der Waals surface area contributed by atoms with Crippen LogP contribution in [0.5, 0.6) is 0 Å². The number of carbonyl (C=O) groups excluding carboxylic acids is 1. The Morgan fingerprint density at radius 1 is 1.53 bits per heavy atom. The van der Waals surface area contributed by atoms with Gasteiger partial charge in [-0.3, -0.25) is 0 Å². The van der Waals surface area contributed by atoms with Crippen LogP contribution in [0.25, 0.3) is 0 Å². The van der Waals surface area contributed by atoms with Crippen molar-refractivity contribution >= 4 is 11.7 Å². The Morgan fingerprint density at radius 3 is 3.12 bits per heavy atom. The van der Waals surface area contributed by atoms with Gasteiger partial charge < -0.3 is 15.0 Å². The number of H-pyrrole nitrogens is 1. The number of aromatic amines is 1. The zero-order valence-corrected chi connectivity index (χ0v) is 9.43. The molecule has 0 amide bonds. The third-order valence-corrected chi connectivity index (χ3v) is 2.30. The zero-order chi connectivity index (χ0) is 12.1. The van der Waals surface area contributed by atoms with Crippen LogP contribution >= 0.6 is 0 Å². The molecule has 1 heterocycles. The molecule has 0 aliphatic carbocycles. The second kappa shape index (κ2) is 5.16. The number of hydrogen-bond donors (Lipinski definition) is 2. The highest BCUT2D eigenvalue weighted by Crippen LogP contribution is 2.12. The summed E-state index contributed by atoms with van der Waals surface area (Å²) in [6.45, 7) is 0.581. The number of esters is 1. The number of benzene rings is 1. The highest BCUT2D eigenvalue weighted by atomic mass is 16.5. The monoisotopic (exact) mass is 231 g/mol. The molecule has 5 heteroatoms. The number of nitrogens with zero attached hydrogens (tertiary/aromatic N) is 1. The number of nitrogens with one attached hydrogen (secondary N) is 2. The first kappa shape index (κ1) is 11.2. The van der Waals surface area contributed by atoms with Gasteiger partial charge in [-0.15, -0.1) is 0 Å². The highest BCUT2D eigenvalue weighted by Gasteiger charge is 2.05. The Balaban J connectivity index is 2.03. The molecule has 2 rings (SSSR count). The van der Waals surface area contributed by atoms with Crippen molar-refractivity contribution in [3.8, 4) is 0 Å². The van der Waals surface area contributed by atoms with E-state index in [2.05, 4.69) is 20.0 Å². The van der Waals surface area contributed by atoms with Gasteiger partial charge in [-0.05, 0) is 18.2 Å². The van der Waals surface area contributed by atoms with E-state index in [0.717, 1.165) is 11.5 Å². The minimum atomic E-state index is -0.341. The molecule has 5 nitrogen and oxygen atoms in total. The normalized spacial score (nSPS) is 9.94. The molecule has 0 saturated heterocycles. The highest BCUT2D eigenvalue weighted by molar-refractivity contribution is 5.90. The molecule has 0 atom stereocenters. The van der Waals surface area contributed by atoms with Crippen LogP contribution in [0.15, 0.2) is 36.7 Å². The number of rotatable bonds is 4. The molecule has 0 aliphatic heterocycles. The van der Waals surface area contributed by atoms with Gasteiger partial charge in [0.25, 0.3) is 0 Å². The second-order valence-corrected chi connectivity index (χ2v) is 3.46. The molecule has 0 aliphatic rings. The Hall–Kier alpha value is -2.30. The molecule has 0 spiro atoms. The molecule has 2 aromatic rings. The number of ether oxygens (including phenoxy) is 1. The van der Waals surface area contributed by atoms with Gasteiger partial charge in [0.05, 0.1) is 19.2 Å². The molecule has 0 fully saturated rings. The van der Waals surface area contributed by atoms with Crippen LogP contribution in [0.1, 0.15) is 16.2 Å². The van der Waals surface area contributed by atoms with Crippen molar-refractivity contribution in [3.05, 3.63) is 48.0 Å². The zero-order valence-electron chi connectivity index (χ0n) is 9.43. The molecule has 1 aromatic carbocycles. The van der Waals surface area contributed by atoms with Crippen LogP contribution in [0.3, 0.4) is 0 Å². The minimum absolute atomic E-state index is 0.341. The van der Waals surface area contributed by atoms with Gasteiger partial charge in [0.15, 0.2) is 0 Å². The molecule has 0 saturated carbocycles. The van der Waals surface area contributed by atoms with E-state index in [1.807, 2.05) is 6.07 Å². The SMILES string of the molecule is COC(=O)c1cccc(NCc2ncc[nH]2)c1. The Kier molecular flexibility index (Phi) is 3.40. The Labute approximate surface area is 98.8 Å². The van der Waals surface area contributed by atoms with E-state index in [1.165, 1.54) is 7.11 Å². The molecule has 0 unspecified atom stereocenters. The predicted octanol–water partition coefficient (Wildman–Crippen LogP) is 1.81. The fourth-order valence-electron chi connectivity index (χ4n) is 1.45. The third kappa shape index (κ3) is 2.84. The van der Waals surface area contributed by atoms with E-state index in [-0.39, 0.29) is 5.97 Å². The van der Waals surface area contributed by atoms with E-state index in [9.17, 15) is 4.79 Å². The summed E-state index contributed by atoms with van der Waals surface area (Å²) in [6, 6.07) is 7.14. The summed E-state index contributed by atoms with van der Waals surface area (Å²) in [6.07, 6.45) is 3.46. The lowest BCUT2D eigenvalue weighted by Crippen LogP contribution is -2.04. The van der Waals surface area contributed by atoms with Gasteiger partial charge in [0.2, 0.25) is 0 Å². The van der Waals surface area contributed by atoms with E-state index in [4.69, 9.17) is 0 Å². The first-order chi connectivity index (χ1) is 8.29. The van der Waals surface area contributed by atoms with Crippen molar-refractivity contribution < 1.29 is 9.53 Å². The molecule has 0 radical (unpaired) electrons. The van der Waals surface area contributed by atoms with Crippen molar-refractivity contribution in [2.24, 2.45) is 0 Å². The molecule has 0 bridgehead atoms. The lowest BCUT2D eigenvalue weighted by molar-refractivity contribution is 0.0601. The maximum absolute atomic E-state index is 11.3. The number of methoxy groups -OCH3 is 1. The smallest absolute Gasteiger partial charge is 0.337 e. The maximum Gasteiger partial charge on any atom is 0.337 e. The fraction of sp³-hybridized carbons (Fsp3) is 0.167. The van der Waals surface area contributed by atoms with Crippen LogP contribution in [0, 0.1) is 0 Å². The van der Waals surface area contributed by atoms with Gasteiger partial charge in [-0.25, -0.2) is 9.78 Å². The number of imidazole rings is 1. The lowest BCUT2D eigenvalue weighted by atomic mass is 10.2. The van der Waals surface area contributed by atoms with Crippen LogP contribution in [-0.2, 0) is 11.3 Å². The van der Waals surface area contributed by atoms with Crippen molar-refractivity contribution in [1.82, 2.24) is 9.97 Å². The quantitative estimate of drug-likeness (QED) is 0.787. The molecule has 17 heavy (non-hydrogen) atoms. The Morgan fingerprint density at radius 2 is 2.41 bits per heavy atom. The molecular weight excluding hydrogens is 218 g/mol. The van der Waals surface area contributed by atoms with Gasteiger partial charge >= 0.3 is 5.97 Å². The van der Waals surface area contributed by atoms with Crippen molar-refractivity contribution in [2.45, 2.75) is 6.54 Å². The standard InChI is InChI=1S/C12H13N3O2/c1-17-12(16)9-3-2-4-10(7-9)15-8-11-13-5-6-14-11/h2-7,15H,8H2,1H3,(H,13,14). The Bertz CT molecular complexity index is 494. The van der Waals surface area contributed by atoms with E-state index < -0.39 is 0 Å². The number of hydrogen-bond acceptors (Lipinski definition) is 4. The molecular formula is C12H13N3O2. The van der Waals surface area contributed by atoms with Gasteiger partial charge in [0, 0.05) is 18.1 Å². The average Bonchev–Trinajstić information content (AvgIpc) is 2.89. The molecule has 1 aromatic heterocycles. The summed E-state index contributed by atoms with van der Waals surface area (Å²) in [7, 11) is 1.37. The summed E-state index contributed by atoms with van der Waals surface area (Å²) in [5, 5.41) is 3.16. The average molecular weight is 231 g/mol. The molecule has 88 valence electrons. The van der Waals surface area contributed by atoms with Crippen LogP contribution in [0.4, 0.5) is 5.69 Å². The van der Waals surface area contributed by atoms with Gasteiger partial charge in [-0.1, -0.05) is 6.07 Å². The van der Waals surface area contributed by atoms with Crippen LogP contribution < -0.4 is 5.32 Å². The minimum Gasteiger partial charge on any atom is -0.465 e. The second-order valence-electron chi connectivity index (χ2n) is 3.46. The third-order valence-electron chi connectivity index (χ3n) is 2.30. The topological polar surface area (TPSA) is 67.0 Å². The van der Waals surface area contributed by atoms with E-state index >= 15 is 0 Å². The van der Waals surface area contributed by atoms with Gasteiger partial charge in [-0.2, -0.15) is 0 Å². The summed E-state index contributed by atoms with van der Waals surface area (Å²) >= 11 is 0.